The number of nitrogens with two attached hydrogens (primary N) is 1. The van der Waals surface area contributed by atoms with Crippen molar-refractivity contribution in [1.29, 1.82) is 0 Å². The van der Waals surface area contributed by atoms with E-state index in [1.807, 2.05) is 11.8 Å². The fourth-order valence-corrected chi connectivity index (χ4v) is 2.78. The number of rotatable bonds is 5. The largest absolute Gasteiger partial charge is 0.493 e. The Bertz CT molecular complexity index is 367. The van der Waals surface area contributed by atoms with Gasteiger partial charge in [0, 0.05) is 6.04 Å². The molecule has 0 fully saturated rings. The highest BCUT2D eigenvalue weighted by atomic mass is 32.2. The molecule has 17 heavy (non-hydrogen) atoms. The minimum atomic E-state index is 0.202. The molecule has 1 aliphatic rings. The van der Waals surface area contributed by atoms with Crippen molar-refractivity contribution in [3.63, 3.8) is 0 Å². The molecule has 0 radical (unpaired) electrons. The second-order valence-corrected chi connectivity index (χ2v) is 5.50. The van der Waals surface area contributed by atoms with E-state index in [1.165, 1.54) is 17.5 Å². The van der Waals surface area contributed by atoms with Gasteiger partial charge in [-0.05, 0) is 54.9 Å². The molecule has 0 amide bonds. The maximum absolute atomic E-state index is 6.13. The molecule has 1 aliphatic carbocycles. The van der Waals surface area contributed by atoms with Gasteiger partial charge in [-0.1, -0.05) is 12.1 Å². The number of fused-ring (bicyclic) bond motifs is 1. The fraction of sp³-hybridized carbons (Fsp3) is 0.571. The standard InChI is InChI=1S/C14H21NOS/c1-17-10-4-9-16-14-8-3-5-11-12(14)6-2-7-13(11)15/h3,5,8,13H,2,4,6-7,9-10,15H2,1H3. The summed E-state index contributed by atoms with van der Waals surface area (Å²) in [6.45, 7) is 0.812. The number of hydrogen-bond acceptors (Lipinski definition) is 3. The first-order valence-corrected chi connectivity index (χ1v) is 7.71. The smallest absolute Gasteiger partial charge is 0.122 e. The Hall–Kier alpha value is -0.670. The van der Waals surface area contributed by atoms with Gasteiger partial charge < -0.3 is 10.5 Å². The third-order valence-electron chi connectivity index (χ3n) is 3.26. The first-order valence-electron chi connectivity index (χ1n) is 6.32. The molecule has 1 aromatic rings. The quantitative estimate of drug-likeness (QED) is 0.816. The highest BCUT2D eigenvalue weighted by Crippen LogP contribution is 2.34. The lowest BCUT2D eigenvalue weighted by atomic mass is 9.87. The Balaban J connectivity index is 2.04. The zero-order valence-electron chi connectivity index (χ0n) is 10.4. The summed E-state index contributed by atoms with van der Waals surface area (Å²) in [4.78, 5) is 0. The van der Waals surface area contributed by atoms with Gasteiger partial charge in [-0.15, -0.1) is 0 Å². The van der Waals surface area contributed by atoms with Gasteiger partial charge in [-0.25, -0.2) is 0 Å². The van der Waals surface area contributed by atoms with Crippen molar-refractivity contribution < 1.29 is 4.74 Å². The minimum Gasteiger partial charge on any atom is -0.493 e. The molecule has 1 aromatic carbocycles. The van der Waals surface area contributed by atoms with Crippen LogP contribution in [-0.2, 0) is 6.42 Å². The second kappa shape index (κ2) is 6.31. The van der Waals surface area contributed by atoms with E-state index >= 15 is 0 Å². The molecule has 0 aliphatic heterocycles. The van der Waals surface area contributed by atoms with Crippen molar-refractivity contribution in [2.75, 3.05) is 18.6 Å². The first-order chi connectivity index (χ1) is 8.33. The van der Waals surface area contributed by atoms with Gasteiger partial charge in [0.25, 0.3) is 0 Å². The van der Waals surface area contributed by atoms with Crippen molar-refractivity contribution in [2.24, 2.45) is 5.73 Å². The van der Waals surface area contributed by atoms with Crippen LogP contribution in [0.15, 0.2) is 18.2 Å². The number of thioether (sulfide) groups is 1. The van der Waals surface area contributed by atoms with Crippen LogP contribution in [-0.4, -0.2) is 18.6 Å². The molecule has 0 saturated heterocycles. The number of hydrogen-bond donors (Lipinski definition) is 1. The predicted octanol–water partition coefficient (Wildman–Crippen LogP) is 3.15. The van der Waals surface area contributed by atoms with Crippen molar-refractivity contribution in [1.82, 2.24) is 0 Å². The molecule has 0 aromatic heterocycles. The van der Waals surface area contributed by atoms with Crippen LogP contribution in [0.5, 0.6) is 5.75 Å². The monoisotopic (exact) mass is 251 g/mol. The SMILES string of the molecule is CSCCCOc1cccc2c1CCCC2N. The molecule has 0 spiro atoms. The molecule has 3 heteroatoms. The van der Waals surface area contributed by atoms with Crippen molar-refractivity contribution in [3.05, 3.63) is 29.3 Å². The van der Waals surface area contributed by atoms with Gasteiger partial charge in [0.2, 0.25) is 0 Å². The molecule has 2 nitrogen and oxygen atoms in total. The van der Waals surface area contributed by atoms with Gasteiger partial charge >= 0.3 is 0 Å². The summed E-state index contributed by atoms with van der Waals surface area (Å²) in [5.74, 6) is 2.22. The average Bonchev–Trinajstić information content (AvgIpc) is 2.36. The van der Waals surface area contributed by atoms with Crippen LogP contribution in [0.25, 0.3) is 0 Å². The third-order valence-corrected chi connectivity index (χ3v) is 3.96. The Morgan fingerprint density at radius 2 is 2.35 bits per heavy atom. The lowest BCUT2D eigenvalue weighted by Crippen LogP contribution is -2.18. The van der Waals surface area contributed by atoms with E-state index in [4.69, 9.17) is 10.5 Å². The number of ether oxygens (including phenoxy) is 1. The Kier molecular flexibility index (Phi) is 4.75. The van der Waals surface area contributed by atoms with Gasteiger partial charge in [0.15, 0.2) is 0 Å². The van der Waals surface area contributed by atoms with E-state index in [1.54, 1.807) is 0 Å². The zero-order chi connectivity index (χ0) is 12.1. The average molecular weight is 251 g/mol. The summed E-state index contributed by atoms with van der Waals surface area (Å²) in [7, 11) is 0. The maximum atomic E-state index is 6.13. The van der Waals surface area contributed by atoms with Gasteiger partial charge in [0.1, 0.15) is 5.75 Å². The van der Waals surface area contributed by atoms with Crippen molar-refractivity contribution in [3.8, 4) is 5.75 Å². The summed E-state index contributed by atoms with van der Waals surface area (Å²) in [6.07, 6.45) is 6.63. The normalized spacial score (nSPS) is 18.8. The lowest BCUT2D eigenvalue weighted by molar-refractivity contribution is 0.313. The minimum absolute atomic E-state index is 0.202. The number of benzene rings is 1. The van der Waals surface area contributed by atoms with E-state index in [-0.39, 0.29) is 6.04 Å². The van der Waals surface area contributed by atoms with E-state index in [2.05, 4.69) is 24.5 Å². The summed E-state index contributed by atoms with van der Waals surface area (Å²) in [6, 6.07) is 6.49. The van der Waals surface area contributed by atoms with Crippen LogP contribution >= 0.6 is 11.8 Å². The molecular formula is C14H21NOS. The molecule has 0 bridgehead atoms. The zero-order valence-corrected chi connectivity index (χ0v) is 11.3. The molecular weight excluding hydrogens is 230 g/mol. The third kappa shape index (κ3) is 3.17. The molecule has 2 rings (SSSR count). The van der Waals surface area contributed by atoms with Gasteiger partial charge in [-0.3, -0.25) is 0 Å². The molecule has 0 heterocycles. The molecule has 0 saturated carbocycles. The molecule has 94 valence electrons. The molecule has 1 atom stereocenters. The van der Waals surface area contributed by atoms with Gasteiger partial charge in [-0.2, -0.15) is 11.8 Å². The fourth-order valence-electron chi connectivity index (χ4n) is 2.37. The maximum Gasteiger partial charge on any atom is 0.122 e. The van der Waals surface area contributed by atoms with Crippen LogP contribution < -0.4 is 10.5 Å². The van der Waals surface area contributed by atoms with Crippen LogP contribution in [0.3, 0.4) is 0 Å². The van der Waals surface area contributed by atoms with Crippen molar-refractivity contribution >= 4 is 11.8 Å². The van der Waals surface area contributed by atoms with E-state index in [9.17, 15) is 0 Å². The Morgan fingerprint density at radius 1 is 1.47 bits per heavy atom. The van der Waals surface area contributed by atoms with Crippen LogP contribution in [0.1, 0.15) is 36.4 Å². The summed E-state index contributed by atoms with van der Waals surface area (Å²) < 4.78 is 5.89. The van der Waals surface area contributed by atoms with E-state index in [0.29, 0.717) is 0 Å². The summed E-state index contributed by atoms with van der Waals surface area (Å²) in [5, 5.41) is 0. The van der Waals surface area contributed by atoms with E-state index < -0.39 is 0 Å². The Labute approximate surface area is 108 Å². The van der Waals surface area contributed by atoms with Crippen LogP contribution in [0.2, 0.25) is 0 Å². The van der Waals surface area contributed by atoms with E-state index in [0.717, 1.165) is 37.4 Å². The lowest BCUT2D eigenvalue weighted by Gasteiger charge is -2.24. The second-order valence-electron chi connectivity index (χ2n) is 4.52. The van der Waals surface area contributed by atoms with Crippen LogP contribution in [0, 0.1) is 0 Å². The summed E-state index contributed by atoms with van der Waals surface area (Å²) in [5.41, 5.74) is 8.77. The summed E-state index contributed by atoms with van der Waals surface area (Å²) >= 11 is 1.87. The highest BCUT2D eigenvalue weighted by Gasteiger charge is 2.19. The highest BCUT2D eigenvalue weighted by molar-refractivity contribution is 7.98. The van der Waals surface area contributed by atoms with Gasteiger partial charge in [0.05, 0.1) is 6.61 Å². The van der Waals surface area contributed by atoms with Crippen LogP contribution in [0.4, 0.5) is 0 Å². The molecule has 1 unspecified atom stereocenters. The van der Waals surface area contributed by atoms with Crippen molar-refractivity contribution in [2.45, 2.75) is 31.7 Å². The predicted molar refractivity (Wildman–Crippen MR) is 74.8 cm³/mol. The Morgan fingerprint density at radius 3 is 3.18 bits per heavy atom. The molecule has 2 N–H and O–H groups in total. The first kappa shape index (κ1) is 12.8. The topological polar surface area (TPSA) is 35.2 Å².